The van der Waals surface area contributed by atoms with E-state index < -0.39 is 5.79 Å². The average molecular weight is 283 g/mol. The maximum Gasteiger partial charge on any atom is 0.251 e. The fraction of sp³-hybridized carbons (Fsp3) is 0.417. The lowest BCUT2D eigenvalue weighted by Crippen LogP contribution is -2.34. The first kappa shape index (κ1) is 10.1. The van der Waals surface area contributed by atoms with Crippen LogP contribution < -0.4 is 9.47 Å². The van der Waals surface area contributed by atoms with Crippen molar-refractivity contribution in [1.82, 2.24) is 0 Å². The zero-order valence-electron chi connectivity index (χ0n) is 8.66. The van der Waals surface area contributed by atoms with E-state index in [1.54, 1.807) is 6.07 Å². The van der Waals surface area contributed by atoms with Gasteiger partial charge in [0.25, 0.3) is 5.79 Å². The van der Waals surface area contributed by atoms with Crippen molar-refractivity contribution in [2.24, 2.45) is 0 Å². The van der Waals surface area contributed by atoms with Crippen LogP contribution in [0.4, 0.5) is 0 Å². The van der Waals surface area contributed by atoms with Crippen molar-refractivity contribution in [3.8, 4) is 11.5 Å². The van der Waals surface area contributed by atoms with E-state index in [1.165, 1.54) is 0 Å². The zero-order valence-corrected chi connectivity index (χ0v) is 10.2. The normalized spacial score (nSPS) is 20.3. The summed E-state index contributed by atoms with van der Waals surface area (Å²) in [6.45, 7) is 0. The molecule has 4 heteroatoms. The molecule has 1 aromatic carbocycles. The molecule has 0 aromatic heterocycles. The number of hydrogen-bond donors (Lipinski definition) is 0. The summed E-state index contributed by atoms with van der Waals surface area (Å²) in [4.78, 5) is 10.8. The fourth-order valence-corrected chi connectivity index (χ4v) is 2.76. The molecule has 1 aliphatic heterocycles. The number of halogens is 1. The maximum absolute atomic E-state index is 10.8. The monoisotopic (exact) mass is 282 g/mol. The number of carbonyl (C=O) groups is 1. The number of rotatable bonds is 1. The molecule has 3 nitrogen and oxygen atoms in total. The summed E-state index contributed by atoms with van der Waals surface area (Å²) in [5.41, 5.74) is 0.595. The summed E-state index contributed by atoms with van der Waals surface area (Å²) >= 11 is 3.34. The largest absolute Gasteiger partial charge is 0.448 e. The first-order valence-electron chi connectivity index (χ1n) is 5.39. The minimum absolute atomic E-state index is 0.455. The van der Waals surface area contributed by atoms with Crippen LogP contribution in [0.3, 0.4) is 0 Å². The van der Waals surface area contributed by atoms with Gasteiger partial charge in [-0.25, -0.2) is 0 Å². The number of benzene rings is 1. The molecule has 2 aliphatic rings. The van der Waals surface area contributed by atoms with Gasteiger partial charge in [0.1, 0.15) is 0 Å². The van der Waals surface area contributed by atoms with Crippen LogP contribution in [0.5, 0.6) is 11.5 Å². The molecule has 1 aromatic rings. The molecule has 1 spiro atoms. The zero-order chi connectivity index (χ0) is 11.2. The van der Waals surface area contributed by atoms with E-state index in [9.17, 15) is 4.79 Å². The van der Waals surface area contributed by atoms with Crippen LogP contribution in [0, 0.1) is 0 Å². The Balaban J connectivity index is 2.00. The van der Waals surface area contributed by atoms with Crippen LogP contribution in [0.1, 0.15) is 36.0 Å². The third-order valence-corrected chi connectivity index (χ3v) is 3.83. The first-order chi connectivity index (χ1) is 7.72. The standard InChI is InChI=1S/C12H11BrO3/c13-9-6-11-10(5-8(9)7-14)15-12(16-11)3-1-2-4-12/h5-7H,1-4H2. The van der Waals surface area contributed by atoms with Gasteiger partial charge in [-0.05, 0) is 40.9 Å². The van der Waals surface area contributed by atoms with E-state index in [1.807, 2.05) is 6.07 Å². The number of hydrogen-bond acceptors (Lipinski definition) is 3. The third kappa shape index (κ3) is 1.44. The molecule has 1 fully saturated rings. The van der Waals surface area contributed by atoms with Crippen molar-refractivity contribution < 1.29 is 14.3 Å². The highest BCUT2D eigenvalue weighted by atomic mass is 79.9. The first-order valence-corrected chi connectivity index (χ1v) is 6.18. The summed E-state index contributed by atoms with van der Waals surface area (Å²) in [6, 6.07) is 3.55. The lowest BCUT2D eigenvalue weighted by Gasteiger charge is -2.21. The summed E-state index contributed by atoms with van der Waals surface area (Å²) in [7, 11) is 0. The molecule has 0 saturated heterocycles. The molecule has 3 rings (SSSR count). The molecule has 0 amide bonds. The van der Waals surface area contributed by atoms with Crippen molar-refractivity contribution in [2.75, 3.05) is 0 Å². The third-order valence-electron chi connectivity index (χ3n) is 3.15. The van der Waals surface area contributed by atoms with Gasteiger partial charge in [-0.2, -0.15) is 0 Å². The second-order valence-electron chi connectivity index (χ2n) is 4.26. The molecule has 16 heavy (non-hydrogen) atoms. The number of fused-ring (bicyclic) bond motifs is 1. The number of carbonyl (C=O) groups excluding carboxylic acids is 1. The Morgan fingerprint density at radius 2 is 1.81 bits per heavy atom. The number of aldehydes is 1. The van der Waals surface area contributed by atoms with Crippen molar-refractivity contribution in [1.29, 1.82) is 0 Å². The quantitative estimate of drug-likeness (QED) is 0.742. The van der Waals surface area contributed by atoms with Crippen LogP contribution in [0.25, 0.3) is 0 Å². The van der Waals surface area contributed by atoms with Crippen LogP contribution in [0.2, 0.25) is 0 Å². The van der Waals surface area contributed by atoms with Crippen molar-refractivity contribution in [3.63, 3.8) is 0 Å². The van der Waals surface area contributed by atoms with Crippen molar-refractivity contribution >= 4 is 22.2 Å². The van der Waals surface area contributed by atoms with Crippen LogP contribution >= 0.6 is 15.9 Å². The Morgan fingerprint density at radius 1 is 1.19 bits per heavy atom. The minimum Gasteiger partial charge on any atom is -0.448 e. The summed E-state index contributed by atoms with van der Waals surface area (Å²) in [5.74, 6) is 0.968. The molecule has 1 saturated carbocycles. The highest BCUT2D eigenvalue weighted by Gasteiger charge is 2.44. The molecule has 1 heterocycles. The lowest BCUT2D eigenvalue weighted by atomic mass is 10.2. The molecular formula is C12H11BrO3. The van der Waals surface area contributed by atoms with Gasteiger partial charge in [-0.3, -0.25) is 4.79 Å². The van der Waals surface area contributed by atoms with Gasteiger partial charge in [-0.1, -0.05) is 0 Å². The maximum atomic E-state index is 10.8. The van der Waals surface area contributed by atoms with Gasteiger partial charge < -0.3 is 9.47 Å². The van der Waals surface area contributed by atoms with E-state index in [0.717, 1.165) is 42.2 Å². The highest BCUT2D eigenvalue weighted by molar-refractivity contribution is 9.10. The van der Waals surface area contributed by atoms with Crippen LogP contribution in [-0.4, -0.2) is 12.1 Å². The van der Waals surface area contributed by atoms with Gasteiger partial charge in [0.05, 0.1) is 0 Å². The van der Waals surface area contributed by atoms with Crippen LogP contribution in [0.15, 0.2) is 16.6 Å². The Hall–Kier alpha value is -1.03. The molecule has 1 aliphatic carbocycles. The predicted molar refractivity (Wildman–Crippen MR) is 62.0 cm³/mol. The SMILES string of the molecule is O=Cc1cc2c(cc1Br)OC1(CCCC1)O2. The van der Waals surface area contributed by atoms with Gasteiger partial charge in [-0.15, -0.1) is 0 Å². The van der Waals surface area contributed by atoms with E-state index in [-0.39, 0.29) is 0 Å². The summed E-state index contributed by atoms with van der Waals surface area (Å²) < 4.78 is 12.5. The average Bonchev–Trinajstić information content (AvgIpc) is 2.84. The smallest absolute Gasteiger partial charge is 0.251 e. The Labute approximate surface area is 102 Å². The lowest BCUT2D eigenvalue weighted by molar-refractivity contribution is -0.0716. The minimum atomic E-state index is -0.455. The van der Waals surface area contributed by atoms with E-state index in [2.05, 4.69) is 15.9 Å². The van der Waals surface area contributed by atoms with Gasteiger partial charge >= 0.3 is 0 Å². The molecule has 84 valence electrons. The number of ether oxygens (including phenoxy) is 2. The molecule has 0 radical (unpaired) electrons. The molecule has 0 N–H and O–H groups in total. The Bertz CT molecular complexity index is 450. The molecule has 0 unspecified atom stereocenters. The van der Waals surface area contributed by atoms with Gasteiger partial charge in [0.15, 0.2) is 17.8 Å². The van der Waals surface area contributed by atoms with Gasteiger partial charge in [0.2, 0.25) is 0 Å². The topological polar surface area (TPSA) is 35.5 Å². The predicted octanol–water partition coefficient (Wildman–Crippen LogP) is 3.30. The van der Waals surface area contributed by atoms with E-state index >= 15 is 0 Å². The Kier molecular flexibility index (Phi) is 2.21. The van der Waals surface area contributed by atoms with Gasteiger partial charge in [0, 0.05) is 22.9 Å². The van der Waals surface area contributed by atoms with Crippen LogP contribution in [-0.2, 0) is 0 Å². The molecular weight excluding hydrogens is 272 g/mol. The van der Waals surface area contributed by atoms with E-state index in [0.29, 0.717) is 11.3 Å². The second kappa shape index (κ2) is 3.48. The molecule has 0 bridgehead atoms. The highest BCUT2D eigenvalue weighted by Crippen LogP contribution is 2.47. The molecule has 0 atom stereocenters. The Morgan fingerprint density at radius 3 is 2.44 bits per heavy atom. The fourth-order valence-electron chi connectivity index (χ4n) is 2.34. The van der Waals surface area contributed by atoms with Crippen molar-refractivity contribution in [2.45, 2.75) is 31.5 Å². The van der Waals surface area contributed by atoms with Crippen molar-refractivity contribution in [3.05, 3.63) is 22.2 Å². The summed E-state index contributed by atoms with van der Waals surface area (Å²) in [5, 5.41) is 0. The second-order valence-corrected chi connectivity index (χ2v) is 5.11. The summed E-state index contributed by atoms with van der Waals surface area (Å²) in [6.07, 6.45) is 4.93. The van der Waals surface area contributed by atoms with E-state index in [4.69, 9.17) is 9.47 Å².